The monoisotopic (exact) mass is 372 g/mol. The fourth-order valence-corrected chi connectivity index (χ4v) is 3.01. The van der Waals surface area contributed by atoms with E-state index in [1.54, 1.807) is 36.1 Å². The number of carbonyl (C=O) groups excluding carboxylic acids is 2. The summed E-state index contributed by atoms with van der Waals surface area (Å²) >= 11 is 3.34. The first-order valence-corrected chi connectivity index (χ1v) is 8.31. The SMILES string of the molecule is C[C@H](NC(=O)c1ccc(Br)cc1)C(=O)N1CCc2ccccc21. The van der Waals surface area contributed by atoms with Gasteiger partial charge in [-0.25, -0.2) is 0 Å². The molecule has 0 saturated heterocycles. The Morgan fingerprint density at radius 3 is 2.57 bits per heavy atom. The second kappa shape index (κ2) is 6.54. The molecule has 3 rings (SSSR count). The highest BCUT2D eigenvalue weighted by Gasteiger charge is 2.28. The van der Waals surface area contributed by atoms with Crippen molar-refractivity contribution < 1.29 is 9.59 Å². The van der Waals surface area contributed by atoms with E-state index in [1.165, 1.54) is 5.56 Å². The van der Waals surface area contributed by atoms with Crippen molar-refractivity contribution in [3.8, 4) is 0 Å². The smallest absolute Gasteiger partial charge is 0.251 e. The van der Waals surface area contributed by atoms with Crippen molar-refractivity contribution in [1.29, 1.82) is 0 Å². The fraction of sp³-hybridized carbons (Fsp3) is 0.222. The van der Waals surface area contributed by atoms with Crippen LogP contribution in [0.2, 0.25) is 0 Å². The van der Waals surface area contributed by atoms with Gasteiger partial charge in [0.25, 0.3) is 5.91 Å². The van der Waals surface area contributed by atoms with Crippen molar-refractivity contribution in [2.75, 3.05) is 11.4 Å². The van der Waals surface area contributed by atoms with Gasteiger partial charge in [-0.05, 0) is 49.2 Å². The van der Waals surface area contributed by atoms with Crippen LogP contribution >= 0.6 is 15.9 Å². The summed E-state index contributed by atoms with van der Waals surface area (Å²) in [5.41, 5.74) is 2.66. The summed E-state index contributed by atoms with van der Waals surface area (Å²) in [5.74, 6) is -0.328. The van der Waals surface area contributed by atoms with Crippen LogP contribution < -0.4 is 10.2 Å². The van der Waals surface area contributed by atoms with Crippen LogP contribution in [0.3, 0.4) is 0 Å². The molecule has 1 aliphatic rings. The third kappa shape index (κ3) is 3.29. The highest BCUT2D eigenvalue weighted by Crippen LogP contribution is 2.27. The molecule has 5 heteroatoms. The van der Waals surface area contributed by atoms with E-state index in [4.69, 9.17) is 0 Å². The van der Waals surface area contributed by atoms with Gasteiger partial charge >= 0.3 is 0 Å². The largest absolute Gasteiger partial charge is 0.341 e. The summed E-state index contributed by atoms with van der Waals surface area (Å²) < 4.78 is 0.909. The molecule has 0 radical (unpaired) electrons. The van der Waals surface area contributed by atoms with Gasteiger partial charge in [0.15, 0.2) is 0 Å². The van der Waals surface area contributed by atoms with Gasteiger partial charge in [-0.3, -0.25) is 9.59 Å². The molecule has 4 nitrogen and oxygen atoms in total. The lowest BCUT2D eigenvalue weighted by atomic mass is 10.1. The van der Waals surface area contributed by atoms with Gasteiger partial charge in [0, 0.05) is 22.3 Å². The number of nitrogens with zero attached hydrogens (tertiary/aromatic N) is 1. The Kier molecular flexibility index (Phi) is 4.48. The molecule has 0 aliphatic carbocycles. The molecule has 118 valence electrons. The molecule has 0 saturated carbocycles. The molecule has 2 aromatic carbocycles. The topological polar surface area (TPSA) is 49.4 Å². The molecule has 0 unspecified atom stereocenters. The molecule has 2 aromatic rings. The Balaban J connectivity index is 1.69. The number of para-hydroxylation sites is 1. The van der Waals surface area contributed by atoms with Crippen LogP contribution in [-0.4, -0.2) is 24.4 Å². The predicted molar refractivity (Wildman–Crippen MR) is 93.6 cm³/mol. The summed E-state index contributed by atoms with van der Waals surface area (Å²) in [6.45, 7) is 2.39. The minimum absolute atomic E-state index is 0.0830. The number of fused-ring (bicyclic) bond motifs is 1. The Bertz CT molecular complexity index is 743. The lowest BCUT2D eigenvalue weighted by Gasteiger charge is -2.22. The molecular formula is C18H17BrN2O2. The van der Waals surface area contributed by atoms with Crippen molar-refractivity contribution in [2.24, 2.45) is 0 Å². The molecule has 23 heavy (non-hydrogen) atoms. The zero-order valence-corrected chi connectivity index (χ0v) is 14.3. The Hall–Kier alpha value is -2.14. The fourth-order valence-electron chi connectivity index (χ4n) is 2.74. The molecule has 0 bridgehead atoms. The maximum Gasteiger partial charge on any atom is 0.251 e. The summed E-state index contributed by atoms with van der Waals surface area (Å²) in [7, 11) is 0. The van der Waals surface area contributed by atoms with Crippen LogP contribution in [0.5, 0.6) is 0 Å². The van der Waals surface area contributed by atoms with E-state index in [0.717, 1.165) is 16.6 Å². The average Bonchev–Trinajstić information content (AvgIpc) is 2.98. The molecule has 0 spiro atoms. The van der Waals surface area contributed by atoms with Gasteiger partial charge in [-0.2, -0.15) is 0 Å². The second-order valence-corrected chi connectivity index (χ2v) is 6.49. The normalized spacial score (nSPS) is 14.3. The standard InChI is InChI=1S/C18H17BrN2O2/c1-12(20-17(22)14-6-8-15(19)9-7-14)18(23)21-11-10-13-4-2-3-5-16(13)21/h2-9,12H,10-11H2,1H3,(H,20,22)/t12-/m0/s1. The van der Waals surface area contributed by atoms with Gasteiger partial charge in [0.1, 0.15) is 6.04 Å². The molecule has 2 amide bonds. The highest BCUT2D eigenvalue weighted by atomic mass is 79.9. The number of anilines is 1. The molecular weight excluding hydrogens is 356 g/mol. The number of benzene rings is 2. The van der Waals surface area contributed by atoms with Crippen LogP contribution in [0.15, 0.2) is 53.0 Å². The molecule has 1 aliphatic heterocycles. The van der Waals surface area contributed by atoms with Crippen LogP contribution in [0, 0.1) is 0 Å². The first kappa shape index (κ1) is 15.7. The lowest BCUT2D eigenvalue weighted by Crippen LogP contribution is -2.46. The van der Waals surface area contributed by atoms with E-state index in [-0.39, 0.29) is 11.8 Å². The van der Waals surface area contributed by atoms with E-state index in [0.29, 0.717) is 12.1 Å². The minimum Gasteiger partial charge on any atom is -0.341 e. The zero-order chi connectivity index (χ0) is 16.4. The number of halogens is 1. The van der Waals surface area contributed by atoms with Crippen molar-refractivity contribution >= 4 is 33.4 Å². The summed E-state index contributed by atoms with van der Waals surface area (Å²) in [6, 6.07) is 14.4. The van der Waals surface area contributed by atoms with Gasteiger partial charge in [0.2, 0.25) is 5.91 Å². The van der Waals surface area contributed by atoms with E-state index >= 15 is 0 Å². The molecule has 1 heterocycles. The summed E-state index contributed by atoms with van der Waals surface area (Å²) in [5, 5.41) is 2.78. The van der Waals surface area contributed by atoms with Crippen LogP contribution in [0.25, 0.3) is 0 Å². The quantitative estimate of drug-likeness (QED) is 0.899. The maximum absolute atomic E-state index is 12.6. The van der Waals surface area contributed by atoms with Crippen molar-refractivity contribution in [3.05, 3.63) is 64.1 Å². The highest BCUT2D eigenvalue weighted by molar-refractivity contribution is 9.10. The maximum atomic E-state index is 12.6. The number of amides is 2. The molecule has 1 atom stereocenters. The van der Waals surface area contributed by atoms with Gasteiger partial charge < -0.3 is 10.2 Å². The zero-order valence-electron chi connectivity index (χ0n) is 12.8. The van der Waals surface area contributed by atoms with Crippen LogP contribution in [-0.2, 0) is 11.2 Å². The Morgan fingerprint density at radius 2 is 1.83 bits per heavy atom. The number of rotatable bonds is 3. The van der Waals surface area contributed by atoms with Crippen molar-refractivity contribution in [2.45, 2.75) is 19.4 Å². The number of hydrogen-bond donors (Lipinski definition) is 1. The lowest BCUT2D eigenvalue weighted by molar-refractivity contribution is -0.119. The van der Waals surface area contributed by atoms with E-state index in [2.05, 4.69) is 21.2 Å². The molecule has 1 N–H and O–H groups in total. The van der Waals surface area contributed by atoms with Gasteiger partial charge in [0.05, 0.1) is 0 Å². The van der Waals surface area contributed by atoms with Crippen LogP contribution in [0.1, 0.15) is 22.8 Å². The number of carbonyl (C=O) groups is 2. The van der Waals surface area contributed by atoms with Crippen molar-refractivity contribution in [1.82, 2.24) is 5.32 Å². The van der Waals surface area contributed by atoms with Crippen molar-refractivity contribution in [3.63, 3.8) is 0 Å². The first-order chi connectivity index (χ1) is 11.1. The minimum atomic E-state index is -0.572. The first-order valence-electron chi connectivity index (χ1n) is 7.52. The third-order valence-corrected chi connectivity index (χ3v) is 4.51. The third-order valence-electron chi connectivity index (χ3n) is 3.98. The Morgan fingerprint density at radius 1 is 1.13 bits per heavy atom. The number of nitrogens with one attached hydrogen (secondary N) is 1. The number of hydrogen-bond acceptors (Lipinski definition) is 2. The summed E-state index contributed by atoms with van der Waals surface area (Å²) in [4.78, 5) is 26.6. The van der Waals surface area contributed by atoms with Gasteiger partial charge in [-0.1, -0.05) is 34.1 Å². The average molecular weight is 373 g/mol. The molecule has 0 fully saturated rings. The van der Waals surface area contributed by atoms with Crippen LogP contribution in [0.4, 0.5) is 5.69 Å². The predicted octanol–water partition coefficient (Wildman–Crippen LogP) is 3.16. The van der Waals surface area contributed by atoms with E-state index in [1.807, 2.05) is 24.3 Å². The second-order valence-electron chi connectivity index (χ2n) is 5.57. The van der Waals surface area contributed by atoms with Gasteiger partial charge in [-0.15, -0.1) is 0 Å². The van der Waals surface area contributed by atoms with E-state index < -0.39 is 6.04 Å². The van der Waals surface area contributed by atoms with E-state index in [9.17, 15) is 9.59 Å². The molecule has 0 aromatic heterocycles. The Labute approximate surface area is 143 Å². The summed E-state index contributed by atoms with van der Waals surface area (Å²) in [6.07, 6.45) is 0.856.